The lowest BCUT2D eigenvalue weighted by atomic mass is 9.97. The molecule has 1 aliphatic heterocycles. The summed E-state index contributed by atoms with van der Waals surface area (Å²) in [5.74, 6) is 0.203. The van der Waals surface area contributed by atoms with Crippen LogP contribution in [0.4, 0.5) is 10.1 Å². The van der Waals surface area contributed by atoms with Crippen molar-refractivity contribution in [3.8, 4) is 0 Å². The van der Waals surface area contributed by atoms with Crippen LogP contribution >= 0.6 is 0 Å². The second-order valence-electron chi connectivity index (χ2n) is 6.30. The van der Waals surface area contributed by atoms with Crippen LogP contribution in [0.25, 0.3) is 0 Å². The van der Waals surface area contributed by atoms with Crippen LogP contribution in [0.3, 0.4) is 0 Å². The lowest BCUT2D eigenvalue weighted by molar-refractivity contribution is -0.00943. The number of hydrogen-bond acceptors (Lipinski definition) is 4. The Morgan fingerprint density at radius 3 is 2.43 bits per heavy atom. The SMILES string of the molecule is NCC(O)(CN1CCN(c2ccccc2F)CC1)C1CC1. The van der Waals surface area contributed by atoms with Gasteiger partial charge < -0.3 is 15.7 Å². The van der Waals surface area contributed by atoms with E-state index in [1.165, 1.54) is 6.07 Å². The van der Waals surface area contributed by atoms with Gasteiger partial charge in [-0.1, -0.05) is 12.1 Å². The average Bonchev–Trinajstić information content (AvgIpc) is 3.34. The number of rotatable bonds is 5. The van der Waals surface area contributed by atoms with E-state index in [0.29, 0.717) is 24.7 Å². The Morgan fingerprint density at radius 2 is 1.86 bits per heavy atom. The summed E-state index contributed by atoms with van der Waals surface area (Å²) in [6.45, 7) is 4.20. The molecule has 0 bridgehead atoms. The van der Waals surface area contributed by atoms with Gasteiger partial charge in [-0.2, -0.15) is 0 Å². The van der Waals surface area contributed by atoms with Crippen LogP contribution in [-0.4, -0.2) is 54.9 Å². The minimum absolute atomic E-state index is 0.164. The Balaban J connectivity index is 1.57. The van der Waals surface area contributed by atoms with E-state index in [1.54, 1.807) is 6.07 Å². The number of β-amino-alcohol motifs (C(OH)–C–C–N with tert-alkyl or cyclic N) is 1. The summed E-state index contributed by atoms with van der Waals surface area (Å²) in [6, 6.07) is 6.91. The Kier molecular flexibility index (Phi) is 4.15. The maximum Gasteiger partial charge on any atom is 0.146 e. The van der Waals surface area contributed by atoms with E-state index < -0.39 is 5.60 Å². The second-order valence-corrected chi connectivity index (χ2v) is 6.30. The Bertz CT molecular complexity index is 486. The highest BCUT2D eigenvalue weighted by molar-refractivity contribution is 5.48. The zero-order valence-corrected chi connectivity index (χ0v) is 12.3. The van der Waals surface area contributed by atoms with E-state index in [1.807, 2.05) is 12.1 Å². The molecule has 2 fully saturated rings. The van der Waals surface area contributed by atoms with Gasteiger partial charge in [0.1, 0.15) is 5.82 Å². The summed E-state index contributed by atoms with van der Waals surface area (Å²) >= 11 is 0. The Morgan fingerprint density at radius 1 is 1.19 bits per heavy atom. The summed E-state index contributed by atoms with van der Waals surface area (Å²) in [5.41, 5.74) is 5.71. The molecule has 0 spiro atoms. The second kappa shape index (κ2) is 5.91. The summed E-state index contributed by atoms with van der Waals surface area (Å²) in [6.07, 6.45) is 2.17. The number of halogens is 1. The van der Waals surface area contributed by atoms with Crippen LogP contribution in [-0.2, 0) is 0 Å². The summed E-state index contributed by atoms with van der Waals surface area (Å²) < 4.78 is 13.8. The zero-order chi connectivity index (χ0) is 14.9. The third-order valence-electron chi connectivity index (χ3n) is 4.75. The van der Waals surface area contributed by atoms with E-state index in [2.05, 4.69) is 9.80 Å². The molecule has 1 heterocycles. The first kappa shape index (κ1) is 14.8. The van der Waals surface area contributed by atoms with Gasteiger partial charge in [0.25, 0.3) is 0 Å². The van der Waals surface area contributed by atoms with Crippen molar-refractivity contribution in [1.29, 1.82) is 0 Å². The highest BCUT2D eigenvalue weighted by Crippen LogP contribution is 2.39. The molecule has 1 saturated heterocycles. The molecule has 5 heteroatoms. The molecule has 1 aromatic rings. The number of nitrogens with two attached hydrogens (primary N) is 1. The molecule has 0 aromatic heterocycles. The third kappa shape index (κ3) is 3.20. The summed E-state index contributed by atoms with van der Waals surface area (Å²) in [4.78, 5) is 4.33. The fourth-order valence-corrected chi connectivity index (χ4v) is 3.22. The van der Waals surface area contributed by atoms with Crippen molar-refractivity contribution in [3.05, 3.63) is 30.1 Å². The number of anilines is 1. The van der Waals surface area contributed by atoms with Gasteiger partial charge in [-0.25, -0.2) is 4.39 Å². The van der Waals surface area contributed by atoms with E-state index in [-0.39, 0.29) is 5.82 Å². The number of hydrogen-bond donors (Lipinski definition) is 2. The van der Waals surface area contributed by atoms with Gasteiger partial charge in [0.15, 0.2) is 0 Å². The molecule has 1 aromatic carbocycles. The zero-order valence-electron chi connectivity index (χ0n) is 12.3. The minimum Gasteiger partial charge on any atom is -0.387 e. The van der Waals surface area contributed by atoms with Gasteiger partial charge in [0.2, 0.25) is 0 Å². The normalized spacial score (nSPS) is 23.1. The van der Waals surface area contributed by atoms with Gasteiger partial charge in [0.05, 0.1) is 11.3 Å². The number of benzene rings is 1. The molecule has 116 valence electrons. The molecule has 4 nitrogen and oxygen atoms in total. The number of aliphatic hydroxyl groups is 1. The fourth-order valence-electron chi connectivity index (χ4n) is 3.22. The highest BCUT2D eigenvalue weighted by atomic mass is 19.1. The quantitative estimate of drug-likeness (QED) is 0.852. The van der Waals surface area contributed by atoms with Crippen molar-refractivity contribution in [2.45, 2.75) is 18.4 Å². The first-order valence-corrected chi connectivity index (χ1v) is 7.77. The lowest BCUT2D eigenvalue weighted by Gasteiger charge is -2.40. The standard InChI is InChI=1S/C16H24FN3O/c17-14-3-1-2-4-15(14)20-9-7-19(8-10-20)12-16(21,11-18)13-5-6-13/h1-4,13,21H,5-12,18H2. The van der Waals surface area contributed by atoms with Crippen LogP contribution < -0.4 is 10.6 Å². The predicted octanol–water partition coefficient (Wildman–Crippen LogP) is 1.05. The van der Waals surface area contributed by atoms with Gasteiger partial charge in [-0.15, -0.1) is 0 Å². The first-order chi connectivity index (χ1) is 10.1. The van der Waals surface area contributed by atoms with Crippen LogP contribution in [0.1, 0.15) is 12.8 Å². The molecule has 1 aliphatic carbocycles. The maximum atomic E-state index is 13.8. The lowest BCUT2D eigenvalue weighted by Crippen LogP contribution is -2.55. The molecule has 1 unspecified atom stereocenters. The molecule has 3 N–H and O–H groups in total. The van der Waals surface area contributed by atoms with Gasteiger partial charge >= 0.3 is 0 Å². The number of piperazine rings is 1. The monoisotopic (exact) mass is 293 g/mol. The predicted molar refractivity (Wildman–Crippen MR) is 81.8 cm³/mol. The van der Waals surface area contributed by atoms with Crippen LogP contribution in [0.5, 0.6) is 0 Å². The topological polar surface area (TPSA) is 52.7 Å². The van der Waals surface area contributed by atoms with Crippen molar-refractivity contribution >= 4 is 5.69 Å². The van der Waals surface area contributed by atoms with Crippen molar-refractivity contribution in [3.63, 3.8) is 0 Å². The van der Waals surface area contributed by atoms with Crippen molar-refractivity contribution in [2.75, 3.05) is 44.2 Å². The molecule has 21 heavy (non-hydrogen) atoms. The molecular weight excluding hydrogens is 269 g/mol. The maximum absolute atomic E-state index is 13.8. The molecule has 1 saturated carbocycles. The van der Waals surface area contributed by atoms with E-state index in [4.69, 9.17) is 5.73 Å². The van der Waals surface area contributed by atoms with Crippen LogP contribution in [0.2, 0.25) is 0 Å². The molecular formula is C16H24FN3O. The minimum atomic E-state index is -0.736. The van der Waals surface area contributed by atoms with E-state index in [0.717, 1.165) is 39.0 Å². The van der Waals surface area contributed by atoms with Crippen molar-refractivity contribution < 1.29 is 9.50 Å². The Hall–Kier alpha value is -1.17. The third-order valence-corrected chi connectivity index (χ3v) is 4.75. The highest BCUT2D eigenvalue weighted by Gasteiger charge is 2.44. The molecule has 1 atom stereocenters. The first-order valence-electron chi connectivity index (χ1n) is 7.77. The van der Waals surface area contributed by atoms with Crippen LogP contribution in [0.15, 0.2) is 24.3 Å². The molecule has 3 rings (SSSR count). The fraction of sp³-hybridized carbons (Fsp3) is 0.625. The smallest absolute Gasteiger partial charge is 0.146 e. The summed E-state index contributed by atoms with van der Waals surface area (Å²) in [7, 11) is 0. The number of para-hydroxylation sites is 1. The van der Waals surface area contributed by atoms with Gasteiger partial charge in [-0.3, -0.25) is 4.90 Å². The molecule has 0 radical (unpaired) electrons. The van der Waals surface area contributed by atoms with E-state index >= 15 is 0 Å². The largest absolute Gasteiger partial charge is 0.387 e. The van der Waals surface area contributed by atoms with Crippen molar-refractivity contribution in [2.24, 2.45) is 11.7 Å². The molecule has 2 aliphatic rings. The number of nitrogens with zero attached hydrogens (tertiary/aromatic N) is 2. The van der Waals surface area contributed by atoms with Gasteiger partial charge in [-0.05, 0) is 30.9 Å². The molecule has 0 amide bonds. The average molecular weight is 293 g/mol. The van der Waals surface area contributed by atoms with Crippen LogP contribution in [0, 0.1) is 11.7 Å². The van der Waals surface area contributed by atoms with E-state index in [9.17, 15) is 9.50 Å². The van der Waals surface area contributed by atoms with Gasteiger partial charge in [0, 0.05) is 39.3 Å². The van der Waals surface area contributed by atoms with Crippen molar-refractivity contribution in [1.82, 2.24) is 4.90 Å². The Labute approximate surface area is 125 Å². The summed E-state index contributed by atoms with van der Waals surface area (Å²) in [5, 5.41) is 10.6.